The predicted octanol–water partition coefficient (Wildman–Crippen LogP) is 0.768. The number of halogens is 1. The van der Waals surface area contributed by atoms with E-state index in [1.165, 1.54) is 6.07 Å². The fourth-order valence-electron chi connectivity index (χ4n) is 1.94. The first-order valence-electron chi connectivity index (χ1n) is 6.39. The Morgan fingerprint density at radius 2 is 2.32 bits per heavy atom. The van der Waals surface area contributed by atoms with Crippen LogP contribution in [-0.2, 0) is 4.79 Å². The quantitative estimate of drug-likeness (QED) is 0.351. The second-order valence-corrected chi connectivity index (χ2v) is 5.69. The van der Waals surface area contributed by atoms with Gasteiger partial charge in [0.25, 0.3) is 11.6 Å². The molecule has 1 aromatic carbocycles. The summed E-state index contributed by atoms with van der Waals surface area (Å²) in [5, 5.41) is 24.3. The third kappa shape index (κ3) is 3.78. The van der Waals surface area contributed by atoms with Crippen molar-refractivity contribution in [3.63, 3.8) is 0 Å². The molecule has 1 amide bonds. The van der Waals surface area contributed by atoms with Crippen LogP contribution in [0.4, 0.5) is 5.69 Å². The lowest BCUT2D eigenvalue weighted by Crippen LogP contribution is -2.41. The Bertz CT molecular complexity index is 636. The van der Waals surface area contributed by atoms with E-state index in [1.807, 2.05) is 6.92 Å². The molecule has 0 saturated carbocycles. The highest BCUT2D eigenvalue weighted by Crippen LogP contribution is 2.31. The van der Waals surface area contributed by atoms with Gasteiger partial charge in [-0.2, -0.15) is 5.10 Å². The van der Waals surface area contributed by atoms with E-state index in [9.17, 15) is 20.0 Å². The molecule has 9 nitrogen and oxygen atoms in total. The first-order chi connectivity index (χ1) is 10.4. The van der Waals surface area contributed by atoms with E-state index in [2.05, 4.69) is 37.3 Å². The molecule has 2 unspecified atom stereocenters. The smallest absolute Gasteiger partial charge is 0.271 e. The van der Waals surface area contributed by atoms with Gasteiger partial charge in [0, 0.05) is 23.7 Å². The number of carbonyl (C=O) groups is 1. The van der Waals surface area contributed by atoms with Gasteiger partial charge in [0.1, 0.15) is 11.8 Å². The molecule has 4 N–H and O–H groups in total. The molecule has 1 fully saturated rings. The van der Waals surface area contributed by atoms with E-state index in [0.717, 1.165) is 12.3 Å². The van der Waals surface area contributed by atoms with Crippen LogP contribution in [0.25, 0.3) is 0 Å². The fourth-order valence-corrected chi connectivity index (χ4v) is 2.40. The molecule has 1 saturated heterocycles. The van der Waals surface area contributed by atoms with Crippen LogP contribution in [0.3, 0.4) is 0 Å². The maximum Gasteiger partial charge on any atom is 0.271 e. The monoisotopic (exact) mass is 371 g/mol. The molecule has 0 spiro atoms. The van der Waals surface area contributed by atoms with E-state index in [0.29, 0.717) is 6.42 Å². The summed E-state index contributed by atoms with van der Waals surface area (Å²) in [4.78, 5) is 22.0. The van der Waals surface area contributed by atoms with E-state index < -0.39 is 11.0 Å². The molecule has 2 rings (SSSR count). The summed E-state index contributed by atoms with van der Waals surface area (Å²) in [5.74, 6) is -0.532. The lowest BCUT2D eigenvalue weighted by atomic mass is 10.1. The molecular weight excluding hydrogens is 358 g/mol. The summed E-state index contributed by atoms with van der Waals surface area (Å²) in [7, 11) is 0. The van der Waals surface area contributed by atoms with Crippen molar-refractivity contribution in [1.29, 1.82) is 0 Å². The van der Waals surface area contributed by atoms with Gasteiger partial charge in [0.15, 0.2) is 0 Å². The SMILES string of the molecule is CC1CC(C(=O)N/N=C/c2cc([N+](=O)[O-])cc(Br)c2O)NN1. The van der Waals surface area contributed by atoms with Gasteiger partial charge < -0.3 is 5.11 Å². The summed E-state index contributed by atoms with van der Waals surface area (Å²) in [6.45, 7) is 1.93. The Morgan fingerprint density at radius 3 is 2.91 bits per heavy atom. The van der Waals surface area contributed by atoms with Crippen LogP contribution >= 0.6 is 15.9 Å². The van der Waals surface area contributed by atoms with Crippen LogP contribution in [-0.4, -0.2) is 34.2 Å². The second-order valence-electron chi connectivity index (χ2n) is 4.83. The number of carbonyl (C=O) groups excluding carboxylic acids is 1. The van der Waals surface area contributed by atoms with Crippen molar-refractivity contribution in [3.05, 3.63) is 32.3 Å². The third-order valence-electron chi connectivity index (χ3n) is 3.08. The molecular formula is C12H14BrN5O4. The van der Waals surface area contributed by atoms with Gasteiger partial charge in [-0.05, 0) is 29.3 Å². The highest BCUT2D eigenvalue weighted by atomic mass is 79.9. The Hall–Kier alpha value is -2.04. The zero-order valence-corrected chi connectivity index (χ0v) is 13.1. The molecule has 0 aliphatic carbocycles. The number of nitro benzene ring substituents is 1. The second kappa shape index (κ2) is 6.81. The van der Waals surface area contributed by atoms with Gasteiger partial charge >= 0.3 is 0 Å². The van der Waals surface area contributed by atoms with Crippen LogP contribution in [0.2, 0.25) is 0 Å². The van der Waals surface area contributed by atoms with Crippen LogP contribution in [0, 0.1) is 10.1 Å². The number of nitro groups is 1. The van der Waals surface area contributed by atoms with Crippen molar-refractivity contribution in [2.75, 3.05) is 0 Å². The number of nitrogens with zero attached hydrogens (tertiary/aromatic N) is 2. The largest absolute Gasteiger partial charge is 0.506 e. The molecule has 10 heteroatoms. The number of phenols is 1. The molecule has 0 radical (unpaired) electrons. The number of aromatic hydroxyl groups is 1. The van der Waals surface area contributed by atoms with Crippen molar-refractivity contribution in [2.24, 2.45) is 5.10 Å². The van der Waals surface area contributed by atoms with Gasteiger partial charge in [0.2, 0.25) is 0 Å². The maximum atomic E-state index is 11.8. The van der Waals surface area contributed by atoms with Crippen LogP contribution < -0.4 is 16.3 Å². The van der Waals surface area contributed by atoms with Gasteiger partial charge in [0.05, 0.1) is 15.6 Å². The first kappa shape index (κ1) is 16.3. The minimum absolute atomic E-state index is 0.118. The molecule has 1 aliphatic rings. The van der Waals surface area contributed by atoms with Crippen molar-refractivity contribution >= 4 is 33.7 Å². The van der Waals surface area contributed by atoms with E-state index in [1.54, 1.807) is 0 Å². The summed E-state index contributed by atoms with van der Waals surface area (Å²) in [6.07, 6.45) is 1.77. The van der Waals surface area contributed by atoms with Crippen molar-refractivity contribution in [1.82, 2.24) is 16.3 Å². The zero-order chi connectivity index (χ0) is 16.3. The number of phenolic OH excluding ortho intramolecular Hbond substituents is 1. The highest BCUT2D eigenvalue weighted by molar-refractivity contribution is 9.10. The lowest BCUT2D eigenvalue weighted by molar-refractivity contribution is -0.385. The number of hydrazone groups is 1. The Balaban J connectivity index is 2.06. The van der Waals surface area contributed by atoms with Gasteiger partial charge in [-0.3, -0.25) is 20.3 Å². The lowest BCUT2D eigenvalue weighted by Gasteiger charge is -2.06. The Kier molecular flexibility index (Phi) is 5.06. The Labute approximate surface area is 134 Å². The fraction of sp³-hybridized carbons (Fsp3) is 0.333. The molecule has 1 heterocycles. The standard InChI is InChI=1S/C12H14BrN5O4/c1-6-2-10(16-15-6)12(20)17-14-5-7-3-8(18(21)22)4-9(13)11(7)19/h3-6,10,15-16,19H,2H2,1H3,(H,17,20)/b14-5+. The number of hydrogen-bond donors (Lipinski definition) is 4. The molecule has 1 aliphatic heterocycles. The molecule has 0 bridgehead atoms. The Morgan fingerprint density at radius 1 is 1.59 bits per heavy atom. The van der Waals surface area contributed by atoms with E-state index >= 15 is 0 Å². The minimum atomic E-state index is -0.588. The predicted molar refractivity (Wildman–Crippen MR) is 82.3 cm³/mol. The number of rotatable bonds is 4. The van der Waals surface area contributed by atoms with E-state index in [-0.39, 0.29) is 33.4 Å². The molecule has 1 aromatic rings. The number of nitrogens with one attached hydrogen (secondary N) is 3. The third-order valence-corrected chi connectivity index (χ3v) is 3.68. The molecule has 2 atom stereocenters. The first-order valence-corrected chi connectivity index (χ1v) is 7.18. The summed E-state index contributed by atoms with van der Waals surface area (Å²) >= 11 is 3.02. The number of hydrogen-bond acceptors (Lipinski definition) is 7. The maximum absolute atomic E-state index is 11.8. The summed E-state index contributed by atoms with van der Waals surface area (Å²) in [6, 6.07) is 2.11. The topological polar surface area (TPSA) is 129 Å². The van der Waals surface area contributed by atoms with Crippen LogP contribution in [0.15, 0.2) is 21.7 Å². The highest BCUT2D eigenvalue weighted by Gasteiger charge is 2.26. The average molecular weight is 372 g/mol. The summed E-state index contributed by atoms with van der Waals surface area (Å²) in [5.41, 5.74) is 7.97. The van der Waals surface area contributed by atoms with Crippen molar-refractivity contribution < 1.29 is 14.8 Å². The van der Waals surface area contributed by atoms with Crippen molar-refractivity contribution in [3.8, 4) is 5.75 Å². The minimum Gasteiger partial charge on any atom is -0.506 e. The number of benzene rings is 1. The molecule has 118 valence electrons. The zero-order valence-electron chi connectivity index (χ0n) is 11.5. The number of non-ortho nitro benzene ring substituents is 1. The van der Waals surface area contributed by atoms with Gasteiger partial charge in [-0.1, -0.05) is 0 Å². The number of amides is 1. The van der Waals surface area contributed by atoms with Crippen LogP contribution in [0.1, 0.15) is 18.9 Å². The van der Waals surface area contributed by atoms with Gasteiger partial charge in [-0.15, -0.1) is 0 Å². The molecule has 0 aromatic heterocycles. The average Bonchev–Trinajstić information content (AvgIpc) is 2.89. The van der Waals surface area contributed by atoms with Crippen molar-refractivity contribution in [2.45, 2.75) is 25.4 Å². The van der Waals surface area contributed by atoms with E-state index in [4.69, 9.17) is 0 Å². The summed E-state index contributed by atoms with van der Waals surface area (Å²) < 4.78 is 0.171. The number of hydrazine groups is 1. The normalized spacial score (nSPS) is 21.2. The van der Waals surface area contributed by atoms with Gasteiger partial charge in [-0.25, -0.2) is 10.9 Å². The molecule has 22 heavy (non-hydrogen) atoms. The van der Waals surface area contributed by atoms with Crippen LogP contribution in [0.5, 0.6) is 5.75 Å².